The van der Waals surface area contributed by atoms with Crippen LogP contribution in [0.25, 0.3) is 0 Å². The lowest BCUT2D eigenvalue weighted by Gasteiger charge is -2.18. The molecule has 6 nitrogen and oxygen atoms in total. The summed E-state index contributed by atoms with van der Waals surface area (Å²) in [6.45, 7) is 1.71. The van der Waals surface area contributed by atoms with E-state index < -0.39 is 12.1 Å². The van der Waals surface area contributed by atoms with Gasteiger partial charge in [0.2, 0.25) is 5.91 Å². The molecule has 1 aliphatic carbocycles. The quantitative estimate of drug-likeness (QED) is 0.589. The van der Waals surface area contributed by atoms with E-state index in [9.17, 15) is 14.7 Å². The number of aliphatic hydroxyl groups excluding tert-OH is 1. The van der Waals surface area contributed by atoms with Crippen LogP contribution in [0.1, 0.15) is 49.5 Å². The molecule has 1 amide bonds. The van der Waals surface area contributed by atoms with Crippen molar-refractivity contribution >= 4 is 11.6 Å². The van der Waals surface area contributed by atoms with E-state index in [0.29, 0.717) is 11.6 Å². The molecular weight excluding hydrogens is 402 g/mol. The summed E-state index contributed by atoms with van der Waals surface area (Å²) < 4.78 is 1.42. The minimum absolute atomic E-state index is 0.200. The van der Waals surface area contributed by atoms with Crippen molar-refractivity contribution in [2.75, 3.05) is 5.32 Å². The maximum atomic E-state index is 12.5. The number of nitrogens with one attached hydrogen (secondary N) is 1. The Bertz CT molecular complexity index is 1100. The Morgan fingerprint density at radius 1 is 1.16 bits per heavy atom. The van der Waals surface area contributed by atoms with E-state index in [1.807, 2.05) is 36.4 Å². The van der Waals surface area contributed by atoms with Crippen LogP contribution in [-0.4, -0.2) is 20.6 Å². The lowest BCUT2D eigenvalue weighted by molar-refractivity contribution is -0.118. The van der Waals surface area contributed by atoms with Crippen molar-refractivity contribution in [1.82, 2.24) is 9.55 Å². The van der Waals surface area contributed by atoms with Crippen molar-refractivity contribution in [1.29, 1.82) is 0 Å². The summed E-state index contributed by atoms with van der Waals surface area (Å²) in [6.07, 6.45) is 8.72. The fraction of sp³-hybridized carbons (Fsp3) is 0.346. The lowest BCUT2D eigenvalue weighted by atomic mass is 9.92. The number of pyridine rings is 2. The molecule has 1 aliphatic rings. The highest BCUT2D eigenvalue weighted by atomic mass is 16.3. The third kappa shape index (κ3) is 5.14. The standard InChI is InChI=1S/C26H29N3O3/c1-18(29-14-3-2-6-24(29)30)26(32)28-23-11-8-19(9-12-23)15-20-7-10-21(16-20)25(31)22-5-4-13-27-17-22/h2-6,8-9,11-14,17-18,20-21,25,31H,7,10,15-16H2,1H3,(H,28,32)/t18-,20+,21+,25+/m1/s1. The van der Waals surface area contributed by atoms with E-state index in [-0.39, 0.29) is 17.4 Å². The zero-order valence-electron chi connectivity index (χ0n) is 18.2. The van der Waals surface area contributed by atoms with E-state index in [1.165, 1.54) is 16.2 Å². The molecule has 1 fully saturated rings. The van der Waals surface area contributed by atoms with Crippen LogP contribution in [-0.2, 0) is 11.2 Å². The minimum Gasteiger partial charge on any atom is -0.388 e. The molecule has 2 heterocycles. The molecule has 2 N–H and O–H groups in total. The maximum absolute atomic E-state index is 12.5. The zero-order chi connectivity index (χ0) is 22.5. The number of rotatable bonds is 7. The van der Waals surface area contributed by atoms with Gasteiger partial charge in [-0.2, -0.15) is 0 Å². The van der Waals surface area contributed by atoms with Crippen LogP contribution in [0.15, 0.2) is 78.0 Å². The monoisotopic (exact) mass is 431 g/mol. The Morgan fingerprint density at radius 2 is 1.97 bits per heavy atom. The number of aromatic nitrogens is 2. The second-order valence-corrected chi connectivity index (χ2v) is 8.68. The molecule has 32 heavy (non-hydrogen) atoms. The molecule has 6 heteroatoms. The summed E-state index contributed by atoms with van der Waals surface area (Å²) in [7, 11) is 0. The normalized spacial score (nSPS) is 19.9. The highest BCUT2D eigenvalue weighted by molar-refractivity contribution is 5.93. The van der Waals surface area contributed by atoms with Crippen LogP contribution in [0.4, 0.5) is 5.69 Å². The van der Waals surface area contributed by atoms with Crippen LogP contribution in [0, 0.1) is 11.8 Å². The number of amides is 1. The summed E-state index contributed by atoms with van der Waals surface area (Å²) in [4.78, 5) is 28.6. The maximum Gasteiger partial charge on any atom is 0.251 e. The van der Waals surface area contributed by atoms with Gasteiger partial charge in [-0.15, -0.1) is 0 Å². The minimum atomic E-state index is -0.593. The Hall–Kier alpha value is -3.25. The number of nitrogens with zero attached hydrogens (tertiary/aromatic N) is 2. The Balaban J connectivity index is 1.31. The molecule has 4 rings (SSSR count). The molecule has 0 radical (unpaired) electrons. The lowest BCUT2D eigenvalue weighted by Crippen LogP contribution is -2.30. The molecule has 1 saturated carbocycles. The second kappa shape index (κ2) is 9.92. The van der Waals surface area contributed by atoms with Gasteiger partial charge < -0.3 is 15.0 Å². The number of anilines is 1. The van der Waals surface area contributed by atoms with Gasteiger partial charge in [-0.25, -0.2) is 0 Å². The number of carbonyl (C=O) groups excluding carboxylic acids is 1. The molecule has 166 valence electrons. The summed E-state index contributed by atoms with van der Waals surface area (Å²) in [6, 6.07) is 16.0. The van der Waals surface area contributed by atoms with Crippen molar-refractivity contribution in [3.8, 4) is 0 Å². The van der Waals surface area contributed by atoms with E-state index in [0.717, 1.165) is 31.2 Å². The topological polar surface area (TPSA) is 84.2 Å². The first-order chi connectivity index (χ1) is 15.5. The van der Waals surface area contributed by atoms with Crippen LogP contribution in [0.5, 0.6) is 0 Å². The van der Waals surface area contributed by atoms with Crippen LogP contribution >= 0.6 is 0 Å². The molecule has 4 atom stereocenters. The molecule has 0 spiro atoms. The van der Waals surface area contributed by atoms with Crippen molar-refractivity contribution in [3.05, 3.63) is 94.7 Å². The summed E-state index contributed by atoms with van der Waals surface area (Å²) in [5, 5.41) is 13.6. The van der Waals surface area contributed by atoms with E-state index in [4.69, 9.17) is 0 Å². The molecule has 2 aromatic heterocycles. The van der Waals surface area contributed by atoms with Gasteiger partial charge in [0.15, 0.2) is 0 Å². The first-order valence-corrected chi connectivity index (χ1v) is 11.2. The highest BCUT2D eigenvalue weighted by Crippen LogP contribution is 2.40. The predicted octanol–water partition coefficient (Wildman–Crippen LogP) is 4.14. The Kier molecular flexibility index (Phi) is 6.81. The summed E-state index contributed by atoms with van der Waals surface area (Å²) >= 11 is 0. The predicted molar refractivity (Wildman–Crippen MR) is 124 cm³/mol. The molecular formula is C26H29N3O3. The molecule has 0 saturated heterocycles. The van der Waals surface area contributed by atoms with Crippen LogP contribution in [0.3, 0.4) is 0 Å². The van der Waals surface area contributed by atoms with Gasteiger partial charge in [0.25, 0.3) is 5.56 Å². The van der Waals surface area contributed by atoms with Crippen molar-refractivity contribution in [2.24, 2.45) is 11.8 Å². The fourth-order valence-electron chi connectivity index (χ4n) is 4.60. The first-order valence-electron chi connectivity index (χ1n) is 11.2. The number of hydrogen-bond donors (Lipinski definition) is 2. The van der Waals surface area contributed by atoms with Gasteiger partial charge in [-0.05, 0) is 79.8 Å². The van der Waals surface area contributed by atoms with E-state index >= 15 is 0 Å². The smallest absolute Gasteiger partial charge is 0.251 e. The molecule has 0 unspecified atom stereocenters. The Morgan fingerprint density at radius 3 is 2.69 bits per heavy atom. The fourth-order valence-corrected chi connectivity index (χ4v) is 4.60. The summed E-state index contributed by atoms with van der Waals surface area (Å²) in [5.41, 5.74) is 2.63. The van der Waals surface area contributed by atoms with Crippen molar-refractivity contribution in [3.63, 3.8) is 0 Å². The average Bonchev–Trinajstić information content (AvgIpc) is 3.28. The SMILES string of the molecule is C[C@H](C(=O)Nc1ccc(C[C@@H]2CC[C@H]([C@H](O)c3cccnc3)C2)cc1)n1ccccc1=O. The number of hydrogen-bond acceptors (Lipinski definition) is 4. The van der Waals surface area contributed by atoms with Gasteiger partial charge in [-0.1, -0.05) is 24.3 Å². The number of carbonyl (C=O) groups is 1. The first kappa shape index (κ1) is 22.0. The number of benzene rings is 1. The van der Waals surface area contributed by atoms with Crippen LogP contribution in [0.2, 0.25) is 0 Å². The third-order valence-electron chi connectivity index (χ3n) is 6.45. The molecule has 3 aromatic rings. The van der Waals surface area contributed by atoms with Gasteiger partial charge in [0, 0.05) is 30.3 Å². The molecule has 1 aromatic carbocycles. The highest BCUT2D eigenvalue weighted by Gasteiger charge is 2.30. The van der Waals surface area contributed by atoms with Crippen molar-refractivity contribution in [2.45, 2.75) is 44.8 Å². The average molecular weight is 432 g/mol. The van der Waals surface area contributed by atoms with Gasteiger partial charge in [0.1, 0.15) is 6.04 Å². The van der Waals surface area contributed by atoms with Gasteiger partial charge >= 0.3 is 0 Å². The van der Waals surface area contributed by atoms with Crippen LogP contribution < -0.4 is 10.9 Å². The van der Waals surface area contributed by atoms with Gasteiger partial charge in [0.05, 0.1) is 6.10 Å². The molecule has 0 aliphatic heterocycles. The van der Waals surface area contributed by atoms with E-state index in [2.05, 4.69) is 10.3 Å². The second-order valence-electron chi connectivity index (χ2n) is 8.68. The largest absolute Gasteiger partial charge is 0.388 e. The molecule has 0 bridgehead atoms. The summed E-state index contributed by atoms with van der Waals surface area (Å²) in [5.74, 6) is 0.580. The number of aliphatic hydroxyl groups is 1. The van der Waals surface area contributed by atoms with Gasteiger partial charge in [-0.3, -0.25) is 14.6 Å². The Labute approximate surface area is 188 Å². The zero-order valence-corrected chi connectivity index (χ0v) is 18.2. The van der Waals surface area contributed by atoms with E-state index in [1.54, 1.807) is 37.6 Å². The third-order valence-corrected chi connectivity index (χ3v) is 6.45. The van der Waals surface area contributed by atoms with Crippen molar-refractivity contribution < 1.29 is 9.90 Å².